The lowest BCUT2D eigenvalue weighted by atomic mass is 10.1. The summed E-state index contributed by atoms with van der Waals surface area (Å²) in [6.45, 7) is 2.09. The van der Waals surface area contributed by atoms with E-state index in [9.17, 15) is 14.9 Å². The first kappa shape index (κ1) is 14.7. The number of aryl methyl sites for hydroxylation is 1. The van der Waals surface area contributed by atoms with Crippen LogP contribution >= 0.6 is 0 Å². The summed E-state index contributed by atoms with van der Waals surface area (Å²) in [5.41, 5.74) is 2.60. The third-order valence-electron chi connectivity index (χ3n) is 3.18. The van der Waals surface area contributed by atoms with E-state index in [0.717, 1.165) is 12.0 Å². The fourth-order valence-electron chi connectivity index (χ4n) is 1.88. The predicted molar refractivity (Wildman–Crippen MR) is 82.3 cm³/mol. The van der Waals surface area contributed by atoms with E-state index in [0.29, 0.717) is 5.56 Å². The minimum absolute atomic E-state index is 0.0225. The molecule has 0 aliphatic rings. The highest BCUT2D eigenvalue weighted by molar-refractivity contribution is 6.06. The van der Waals surface area contributed by atoms with Gasteiger partial charge in [0.05, 0.1) is 4.92 Å². The van der Waals surface area contributed by atoms with Crippen LogP contribution in [0.5, 0.6) is 0 Å². The van der Waals surface area contributed by atoms with E-state index < -0.39 is 4.92 Å². The van der Waals surface area contributed by atoms with Gasteiger partial charge in [0.1, 0.15) is 0 Å². The molecule has 0 radical (unpaired) electrons. The summed E-state index contributed by atoms with van der Waals surface area (Å²) < 4.78 is 0. The van der Waals surface area contributed by atoms with Crippen LogP contribution in [-0.2, 0) is 6.42 Å². The van der Waals surface area contributed by atoms with Crippen LogP contribution in [-0.4, -0.2) is 10.7 Å². The normalized spacial score (nSPS) is 10.7. The summed E-state index contributed by atoms with van der Waals surface area (Å²) in [4.78, 5) is 22.0. The molecule has 0 N–H and O–H groups in total. The summed E-state index contributed by atoms with van der Waals surface area (Å²) in [6, 6.07) is 13.5. The molecule has 0 saturated carbocycles. The van der Waals surface area contributed by atoms with Gasteiger partial charge in [-0.25, -0.2) is 0 Å². The summed E-state index contributed by atoms with van der Waals surface area (Å²) in [6.07, 6.45) is 4.19. The first-order valence-corrected chi connectivity index (χ1v) is 6.66. The van der Waals surface area contributed by atoms with Crippen LogP contribution < -0.4 is 0 Å². The standard InChI is InChI=1S/C17H15NO3/c1-2-13-3-5-14(6-4-13)7-12-17(19)15-8-10-16(11-9-15)18(20)21/h3-12H,2H2,1H3. The molecule has 0 saturated heterocycles. The monoisotopic (exact) mass is 281 g/mol. The zero-order valence-corrected chi connectivity index (χ0v) is 11.7. The Morgan fingerprint density at radius 3 is 2.24 bits per heavy atom. The Bertz CT molecular complexity index is 670. The quantitative estimate of drug-likeness (QED) is 0.359. The number of carbonyl (C=O) groups excluding carboxylic acids is 1. The van der Waals surface area contributed by atoms with Gasteiger partial charge in [-0.15, -0.1) is 0 Å². The Morgan fingerprint density at radius 1 is 1.10 bits per heavy atom. The van der Waals surface area contributed by atoms with Crippen molar-refractivity contribution in [2.45, 2.75) is 13.3 Å². The molecule has 0 spiro atoms. The number of nitro groups is 1. The topological polar surface area (TPSA) is 60.2 Å². The average molecular weight is 281 g/mol. The average Bonchev–Trinajstić information content (AvgIpc) is 2.53. The highest BCUT2D eigenvalue weighted by Crippen LogP contribution is 2.13. The molecular formula is C17H15NO3. The second-order valence-corrected chi connectivity index (χ2v) is 4.60. The molecule has 0 atom stereocenters. The van der Waals surface area contributed by atoms with E-state index in [1.807, 2.05) is 24.3 Å². The lowest BCUT2D eigenvalue weighted by Crippen LogP contribution is -1.95. The van der Waals surface area contributed by atoms with Crippen molar-refractivity contribution in [3.05, 3.63) is 81.4 Å². The number of ketones is 1. The van der Waals surface area contributed by atoms with Gasteiger partial charge in [-0.3, -0.25) is 14.9 Å². The molecule has 4 heteroatoms. The van der Waals surface area contributed by atoms with Crippen LogP contribution in [0.25, 0.3) is 6.08 Å². The van der Waals surface area contributed by atoms with Crippen molar-refractivity contribution in [3.63, 3.8) is 0 Å². The smallest absolute Gasteiger partial charge is 0.269 e. The number of rotatable bonds is 5. The van der Waals surface area contributed by atoms with Gasteiger partial charge in [0, 0.05) is 17.7 Å². The second kappa shape index (κ2) is 6.61. The van der Waals surface area contributed by atoms with Crippen molar-refractivity contribution in [3.8, 4) is 0 Å². The SMILES string of the molecule is CCc1ccc(C=CC(=O)c2ccc([N+](=O)[O-])cc2)cc1. The predicted octanol–water partition coefficient (Wildman–Crippen LogP) is 4.05. The summed E-state index contributed by atoms with van der Waals surface area (Å²) in [7, 11) is 0. The molecular weight excluding hydrogens is 266 g/mol. The zero-order valence-electron chi connectivity index (χ0n) is 11.7. The number of benzene rings is 2. The Labute approximate surface area is 122 Å². The highest BCUT2D eigenvalue weighted by atomic mass is 16.6. The molecule has 0 heterocycles. The van der Waals surface area contributed by atoms with Crippen LogP contribution in [0.3, 0.4) is 0 Å². The molecule has 0 bridgehead atoms. The van der Waals surface area contributed by atoms with E-state index in [-0.39, 0.29) is 11.5 Å². The Kier molecular flexibility index (Phi) is 4.61. The molecule has 0 aliphatic carbocycles. The third kappa shape index (κ3) is 3.86. The fraction of sp³-hybridized carbons (Fsp3) is 0.118. The molecule has 2 rings (SSSR count). The highest BCUT2D eigenvalue weighted by Gasteiger charge is 2.07. The Morgan fingerprint density at radius 2 is 1.71 bits per heavy atom. The van der Waals surface area contributed by atoms with Crippen molar-refractivity contribution in [1.82, 2.24) is 0 Å². The molecule has 0 unspecified atom stereocenters. The van der Waals surface area contributed by atoms with E-state index in [1.165, 1.54) is 35.9 Å². The maximum atomic E-state index is 12.0. The lowest BCUT2D eigenvalue weighted by Gasteiger charge is -1.98. The molecule has 106 valence electrons. The lowest BCUT2D eigenvalue weighted by molar-refractivity contribution is -0.384. The maximum absolute atomic E-state index is 12.0. The second-order valence-electron chi connectivity index (χ2n) is 4.60. The molecule has 0 fully saturated rings. The number of hydrogen-bond acceptors (Lipinski definition) is 3. The van der Waals surface area contributed by atoms with Crippen LogP contribution in [0, 0.1) is 10.1 Å². The van der Waals surface area contributed by atoms with Gasteiger partial charge in [0.15, 0.2) is 5.78 Å². The minimum Gasteiger partial charge on any atom is -0.289 e. The van der Waals surface area contributed by atoms with E-state index in [2.05, 4.69) is 6.92 Å². The van der Waals surface area contributed by atoms with Gasteiger partial charge in [-0.2, -0.15) is 0 Å². The van der Waals surface area contributed by atoms with Crippen LogP contribution in [0.1, 0.15) is 28.4 Å². The first-order chi connectivity index (χ1) is 10.1. The van der Waals surface area contributed by atoms with E-state index in [1.54, 1.807) is 6.08 Å². The van der Waals surface area contributed by atoms with Gasteiger partial charge in [-0.1, -0.05) is 37.3 Å². The van der Waals surface area contributed by atoms with Gasteiger partial charge >= 0.3 is 0 Å². The zero-order chi connectivity index (χ0) is 15.2. The van der Waals surface area contributed by atoms with E-state index in [4.69, 9.17) is 0 Å². The minimum atomic E-state index is -0.487. The number of carbonyl (C=O) groups is 1. The number of allylic oxidation sites excluding steroid dienone is 1. The number of nitrogens with zero attached hydrogens (tertiary/aromatic N) is 1. The van der Waals surface area contributed by atoms with Crippen LogP contribution in [0.4, 0.5) is 5.69 Å². The maximum Gasteiger partial charge on any atom is 0.269 e. The number of nitro benzene ring substituents is 1. The van der Waals surface area contributed by atoms with Gasteiger partial charge < -0.3 is 0 Å². The van der Waals surface area contributed by atoms with Gasteiger partial charge in [0.25, 0.3) is 5.69 Å². The molecule has 0 amide bonds. The molecule has 0 aliphatic heterocycles. The third-order valence-corrected chi connectivity index (χ3v) is 3.18. The molecule has 21 heavy (non-hydrogen) atoms. The van der Waals surface area contributed by atoms with Crippen molar-refractivity contribution in [2.75, 3.05) is 0 Å². The molecule has 0 aromatic heterocycles. The van der Waals surface area contributed by atoms with Crippen molar-refractivity contribution >= 4 is 17.5 Å². The number of non-ortho nitro benzene ring substituents is 1. The number of hydrogen-bond donors (Lipinski definition) is 0. The van der Waals surface area contributed by atoms with Crippen LogP contribution in [0.15, 0.2) is 54.6 Å². The Hall–Kier alpha value is -2.75. The Balaban J connectivity index is 2.09. The largest absolute Gasteiger partial charge is 0.289 e. The summed E-state index contributed by atoms with van der Waals surface area (Å²) >= 11 is 0. The van der Waals surface area contributed by atoms with Crippen LogP contribution in [0.2, 0.25) is 0 Å². The molecule has 2 aromatic rings. The van der Waals surface area contributed by atoms with Crippen molar-refractivity contribution in [1.29, 1.82) is 0 Å². The summed E-state index contributed by atoms with van der Waals surface area (Å²) in [5.74, 6) is -0.176. The fourth-order valence-corrected chi connectivity index (χ4v) is 1.88. The van der Waals surface area contributed by atoms with Gasteiger partial charge in [-0.05, 0) is 35.8 Å². The van der Waals surface area contributed by atoms with Crippen molar-refractivity contribution < 1.29 is 9.72 Å². The first-order valence-electron chi connectivity index (χ1n) is 6.66. The summed E-state index contributed by atoms with van der Waals surface area (Å²) in [5, 5.41) is 10.6. The molecule has 2 aromatic carbocycles. The van der Waals surface area contributed by atoms with Gasteiger partial charge in [0.2, 0.25) is 0 Å². The molecule has 4 nitrogen and oxygen atoms in total. The van der Waals surface area contributed by atoms with E-state index >= 15 is 0 Å². The van der Waals surface area contributed by atoms with Crippen molar-refractivity contribution in [2.24, 2.45) is 0 Å².